The van der Waals surface area contributed by atoms with Crippen LogP contribution in [0.5, 0.6) is 0 Å². The molecule has 0 saturated heterocycles. The molecule has 1 aliphatic rings. The zero-order valence-electron chi connectivity index (χ0n) is 7.91. The maximum absolute atomic E-state index is 9.36. The lowest BCUT2D eigenvalue weighted by molar-refractivity contribution is 0.218. The molecule has 0 fully saturated rings. The summed E-state index contributed by atoms with van der Waals surface area (Å²) in [6.45, 7) is 4.02. The van der Waals surface area contributed by atoms with Crippen LogP contribution in [0.3, 0.4) is 0 Å². The van der Waals surface area contributed by atoms with E-state index in [0.717, 1.165) is 17.8 Å². The van der Waals surface area contributed by atoms with Gasteiger partial charge in [-0.05, 0) is 20.3 Å². The fourth-order valence-corrected chi connectivity index (χ4v) is 2.00. The summed E-state index contributed by atoms with van der Waals surface area (Å²) in [7, 11) is 0. The van der Waals surface area contributed by atoms with Crippen molar-refractivity contribution in [3.05, 3.63) is 29.1 Å². The van der Waals surface area contributed by atoms with Crippen molar-refractivity contribution in [2.45, 2.75) is 32.3 Å². The summed E-state index contributed by atoms with van der Waals surface area (Å²) in [5, 5.41) is 16.5. The first kappa shape index (κ1) is 8.51. The Hall–Kier alpha value is -1.09. The molecule has 70 valence electrons. The van der Waals surface area contributed by atoms with Crippen molar-refractivity contribution >= 4 is 0 Å². The molecule has 1 aliphatic carbocycles. The largest absolute Gasteiger partial charge is 0.389 e. The average molecular weight is 178 g/mol. The number of hydrogen-bond acceptors (Lipinski definition) is 2. The molecule has 2 unspecified atom stereocenters. The number of H-pyrrole nitrogens is 1. The van der Waals surface area contributed by atoms with E-state index in [2.05, 4.69) is 16.3 Å². The summed E-state index contributed by atoms with van der Waals surface area (Å²) >= 11 is 0. The van der Waals surface area contributed by atoms with Crippen molar-refractivity contribution in [3.8, 4) is 0 Å². The Labute approximate surface area is 77.5 Å². The summed E-state index contributed by atoms with van der Waals surface area (Å²) < 4.78 is 0. The van der Waals surface area contributed by atoms with Gasteiger partial charge in [-0.15, -0.1) is 0 Å². The Bertz CT molecular complexity index is 321. The van der Waals surface area contributed by atoms with E-state index in [-0.39, 0.29) is 6.10 Å². The standard InChI is InChI=1S/C10H14N2O/c1-6-10(7(2)12-11-6)8-3-4-9(13)5-8/h3-4,8-9,13H,5H2,1-2H3,(H,11,12). The van der Waals surface area contributed by atoms with Crippen molar-refractivity contribution in [2.75, 3.05) is 0 Å². The predicted molar refractivity (Wildman–Crippen MR) is 50.6 cm³/mol. The van der Waals surface area contributed by atoms with Gasteiger partial charge >= 0.3 is 0 Å². The lowest BCUT2D eigenvalue weighted by atomic mass is 9.96. The maximum Gasteiger partial charge on any atom is 0.0730 e. The highest BCUT2D eigenvalue weighted by molar-refractivity contribution is 5.33. The fourth-order valence-electron chi connectivity index (χ4n) is 2.00. The number of aromatic nitrogens is 2. The third-order valence-electron chi connectivity index (χ3n) is 2.62. The first-order valence-electron chi connectivity index (χ1n) is 4.56. The van der Waals surface area contributed by atoms with E-state index < -0.39 is 0 Å². The Morgan fingerprint density at radius 2 is 2.23 bits per heavy atom. The number of aromatic amines is 1. The van der Waals surface area contributed by atoms with Gasteiger partial charge in [-0.1, -0.05) is 12.2 Å². The molecule has 1 aromatic rings. The highest BCUT2D eigenvalue weighted by atomic mass is 16.3. The first-order valence-corrected chi connectivity index (χ1v) is 4.56. The van der Waals surface area contributed by atoms with Crippen LogP contribution in [0.25, 0.3) is 0 Å². The van der Waals surface area contributed by atoms with Gasteiger partial charge in [0.2, 0.25) is 0 Å². The van der Waals surface area contributed by atoms with Crippen LogP contribution in [-0.2, 0) is 0 Å². The molecule has 0 aromatic carbocycles. The number of aryl methyl sites for hydroxylation is 2. The van der Waals surface area contributed by atoms with E-state index in [1.54, 1.807) is 0 Å². The highest BCUT2D eigenvalue weighted by Gasteiger charge is 2.22. The molecule has 1 aromatic heterocycles. The highest BCUT2D eigenvalue weighted by Crippen LogP contribution is 2.31. The predicted octanol–water partition coefficient (Wildman–Crippen LogP) is 1.43. The van der Waals surface area contributed by atoms with Crippen molar-refractivity contribution in [1.29, 1.82) is 0 Å². The van der Waals surface area contributed by atoms with Gasteiger partial charge in [0.05, 0.1) is 11.8 Å². The Morgan fingerprint density at radius 1 is 1.46 bits per heavy atom. The van der Waals surface area contributed by atoms with Crippen LogP contribution in [0, 0.1) is 13.8 Å². The molecule has 1 heterocycles. The van der Waals surface area contributed by atoms with Crippen LogP contribution < -0.4 is 0 Å². The lowest BCUT2D eigenvalue weighted by Crippen LogP contribution is -2.02. The monoisotopic (exact) mass is 178 g/mol. The zero-order chi connectivity index (χ0) is 9.42. The van der Waals surface area contributed by atoms with Gasteiger partial charge in [-0.3, -0.25) is 5.10 Å². The lowest BCUT2D eigenvalue weighted by Gasteiger charge is -2.08. The normalized spacial score (nSPS) is 27.0. The first-order chi connectivity index (χ1) is 6.18. The maximum atomic E-state index is 9.36. The van der Waals surface area contributed by atoms with Crippen LogP contribution in [0.1, 0.15) is 29.3 Å². The summed E-state index contributed by atoms with van der Waals surface area (Å²) in [5.74, 6) is 0.341. The van der Waals surface area contributed by atoms with Crippen LogP contribution in [0.15, 0.2) is 12.2 Å². The quantitative estimate of drug-likeness (QED) is 0.639. The van der Waals surface area contributed by atoms with Gasteiger partial charge in [0.1, 0.15) is 0 Å². The number of aliphatic hydroxyl groups is 1. The number of allylic oxidation sites excluding steroid dienone is 1. The minimum Gasteiger partial charge on any atom is -0.389 e. The van der Waals surface area contributed by atoms with Crippen LogP contribution in [0.2, 0.25) is 0 Å². The number of rotatable bonds is 1. The fraction of sp³-hybridized carbons (Fsp3) is 0.500. The second kappa shape index (κ2) is 3.00. The molecule has 0 spiro atoms. The molecule has 2 N–H and O–H groups in total. The van der Waals surface area contributed by atoms with Gasteiger partial charge < -0.3 is 5.11 Å². The molecular weight excluding hydrogens is 164 g/mol. The molecule has 0 bridgehead atoms. The molecule has 0 saturated carbocycles. The minimum atomic E-state index is -0.279. The SMILES string of the molecule is Cc1n[nH]c(C)c1C1C=CC(O)C1. The number of nitrogens with one attached hydrogen (secondary N) is 1. The van der Waals surface area contributed by atoms with E-state index in [9.17, 15) is 5.11 Å². The Morgan fingerprint density at radius 3 is 2.69 bits per heavy atom. The van der Waals surface area contributed by atoms with E-state index in [1.165, 1.54) is 5.56 Å². The van der Waals surface area contributed by atoms with Crippen LogP contribution in [0.4, 0.5) is 0 Å². The molecule has 13 heavy (non-hydrogen) atoms. The van der Waals surface area contributed by atoms with Crippen LogP contribution in [-0.4, -0.2) is 21.4 Å². The van der Waals surface area contributed by atoms with E-state index >= 15 is 0 Å². The topological polar surface area (TPSA) is 48.9 Å². The van der Waals surface area contributed by atoms with Gasteiger partial charge in [0.25, 0.3) is 0 Å². The summed E-state index contributed by atoms with van der Waals surface area (Å²) in [6, 6.07) is 0. The van der Waals surface area contributed by atoms with Gasteiger partial charge in [-0.2, -0.15) is 5.10 Å². The molecule has 0 amide bonds. The third-order valence-corrected chi connectivity index (χ3v) is 2.62. The number of hydrogen-bond donors (Lipinski definition) is 2. The third kappa shape index (κ3) is 1.40. The Kier molecular flexibility index (Phi) is 1.96. The second-order valence-corrected chi connectivity index (χ2v) is 3.64. The number of aliphatic hydroxyl groups excluding tert-OH is 1. The zero-order valence-corrected chi connectivity index (χ0v) is 7.91. The molecule has 3 heteroatoms. The van der Waals surface area contributed by atoms with Crippen molar-refractivity contribution in [2.24, 2.45) is 0 Å². The summed E-state index contributed by atoms with van der Waals surface area (Å²) in [4.78, 5) is 0. The second-order valence-electron chi connectivity index (χ2n) is 3.64. The molecular formula is C10H14N2O. The minimum absolute atomic E-state index is 0.279. The van der Waals surface area contributed by atoms with Gasteiger partial charge in [0.15, 0.2) is 0 Å². The number of nitrogens with zero attached hydrogens (tertiary/aromatic N) is 1. The Balaban J connectivity index is 2.31. The van der Waals surface area contributed by atoms with Gasteiger partial charge in [0, 0.05) is 17.2 Å². The summed E-state index contributed by atoms with van der Waals surface area (Å²) in [6.07, 6.45) is 4.44. The van der Waals surface area contributed by atoms with E-state index in [4.69, 9.17) is 0 Å². The molecule has 2 atom stereocenters. The average Bonchev–Trinajstić information content (AvgIpc) is 2.60. The molecule has 2 rings (SSSR count). The van der Waals surface area contributed by atoms with E-state index in [0.29, 0.717) is 5.92 Å². The van der Waals surface area contributed by atoms with Crippen molar-refractivity contribution in [3.63, 3.8) is 0 Å². The van der Waals surface area contributed by atoms with Gasteiger partial charge in [-0.25, -0.2) is 0 Å². The summed E-state index contributed by atoms with van der Waals surface area (Å²) in [5.41, 5.74) is 3.40. The molecule has 0 radical (unpaired) electrons. The molecule has 3 nitrogen and oxygen atoms in total. The molecule has 0 aliphatic heterocycles. The van der Waals surface area contributed by atoms with E-state index in [1.807, 2.05) is 19.9 Å². The van der Waals surface area contributed by atoms with Crippen LogP contribution >= 0.6 is 0 Å². The smallest absolute Gasteiger partial charge is 0.0730 e. The van der Waals surface area contributed by atoms with Crippen molar-refractivity contribution < 1.29 is 5.11 Å². The van der Waals surface area contributed by atoms with Crippen molar-refractivity contribution in [1.82, 2.24) is 10.2 Å².